The van der Waals surface area contributed by atoms with Crippen molar-refractivity contribution >= 4 is 23.3 Å². The Hall–Kier alpha value is -2.61. The standard InChI is InChI=1S/C24H32FN3O3S/c1-4-17(3)14-27(24(30)26-5-2)15-23(29)28-12-10-22-18(11-13-32-22)20(28)16-31-21-9-7-6-8-19(21)25/h6-9,11,13,17,20H,4-5,10,12,14-16H2,1-3H3,(H,26,30). The van der Waals surface area contributed by atoms with Gasteiger partial charge in [-0.1, -0.05) is 32.4 Å². The molecule has 174 valence electrons. The van der Waals surface area contributed by atoms with E-state index in [9.17, 15) is 14.0 Å². The molecule has 0 radical (unpaired) electrons. The third-order valence-electron chi connectivity index (χ3n) is 5.82. The van der Waals surface area contributed by atoms with E-state index in [1.807, 2.05) is 18.4 Å². The van der Waals surface area contributed by atoms with Gasteiger partial charge in [-0.3, -0.25) is 4.79 Å². The number of nitrogens with one attached hydrogen (secondary N) is 1. The summed E-state index contributed by atoms with van der Waals surface area (Å²) in [6.45, 7) is 7.73. The van der Waals surface area contributed by atoms with Crippen molar-refractivity contribution in [3.8, 4) is 5.75 Å². The summed E-state index contributed by atoms with van der Waals surface area (Å²) in [6, 6.07) is 7.73. The van der Waals surface area contributed by atoms with Crippen molar-refractivity contribution in [1.82, 2.24) is 15.1 Å². The Morgan fingerprint density at radius 2 is 2.09 bits per heavy atom. The van der Waals surface area contributed by atoms with E-state index in [1.54, 1.807) is 39.3 Å². The number of hydrogen-bond donors (Lipinski definition) is 1. The second kappa shape index (κ2) is 11.3. The van der Waals surface area contributed by atoms with E-state index in [0.29, 0.717) is 19.6 Å². The average Bonchev–Trinajstić information content (AvgIpc) is 3.27. The maximum absolute atomic E-state index is 14.1. The number of ether oxygens (including phenoxy) is 1. The molecule has 1 aliphatic rings. The van der Waals surface area contributed by atoms with E-state index in [2.05, 4.69) is 19.2 Å². The van der Waals surface area contributed by atoms with Gasteiger partial charge < -0.3 is 19.9 Å². The minimum Gasteiger partial charge on any atom is -0.488 e. The Kier molecular flexibility index (Phi) is 8.50. The topological polar surface area (TPSA) is 61.9 Å². The summed E-state index contributed by atoms with van der Waals surface area (Å²) in [6.07, 6.45) is 1.69. The molecule has 1 N–H and O–H groups in total. The van der Waals surface area contributed by atoms with Gasteiger partial charge in [-0.05, 0) is 48.4 Å². The number of halogens is 1. The molecule has 3 rings (SSSR count). The molecule has 1 aliphatic heterocycles. The van der Waals surface area contributed by atoms with Gasteiger partial charge in [-0.2, -0.15) is 0 Å². The highest BCUT2D eigenvalue weighted by molar-refractivity contribution is 7.10. The molecule has 1 aromatic carbocycles. The molecule has 0 saturated heterocycles. The van der Waals surface area contributed by atoms with Crippen molar-refractivity contribution < 1.29 is 18.7 Å². The van der Waals surface area contributed by atoms with Crippen LogP contribution >= 0.6 is 11.3 Å². The maximum Gasteiger partial charge on any atom is 0.317 e. The zero-order valence-corrected chi connectivity index (χ0v) is 19.8. The van der Waals surface area contributed by atoms with Crippen LogP contribution in [-0.2, 0) is 11.2 Å². The largest absolute Gasteiger partial charge is 0.488 e. The van der Waals surface area contributed by atoms with E-state index >= 15 is 0 Å². The number of carbonyl (C=O) groups excluding carboxylic acids is 2. The zero-order chi connectivity index (χ0) is 23.1. The minimum absolute atomic E-state index is 0.00580. The highest BCUT2D eigenvalue weighted by atomic mass is 32.1. The van der Waals surface area contributed by atoms with Crippen LogP contribution in [0.3, 0.4) is 0 Å². The Labute approximate surface area is 193 Å². The molecule has 0 fully saturated rings. The predicted molar refractivity (Wildman–Crippen MR) is 124 cm³/mol. The lowest BCUT2D eigenvalue weighted by Crippen LogP contribution is -2.50. The number of benzene rings is 1. The highest BCUT2D eigenvalue weighted by Crippen LogP contribution is 2.34. The summed E-state index contributed by atoms with van der Waals surface area (Å²) in [4.78, 5) is 30.6. The molecule has 2 atom stereocenters. The molecule has 0 bridgehead atoms. The molecule has 0 aliphatic carbocycles. The molecule has 3 amide bonds. The summed E-state index contributed by atoms with van der Waals surface area (Å²) in [7, 11) is 0. The molecule has 0 saturated carbocycles. The number of nitrogens with zero attached hydrogens (tertiary/aromatic N) is 2. The normalized spacial score (nSPS) is 16.2. The molecular formula is C24H32FN3O3S. The van der Waals surface area contributed by atoms with Crippen molar-refractivity contribution in [2.45, 2.75) is 39.7 Å². The molecule has 2 unspecified atom stereocenters. The minimum atomic E-state index is -0.428. The monoisotopic (exact) mass is 461 g/mol. The Morgan fingerprint density at radius 1 is 1.31 bits per heavy atom. The first-order valence-electron chi connectivity index (χ1n) is 11.2. The zero-order valence-electron chi connectivity index (χ0n) is 19.0. The third kappa shape index (κ3) is 5.79. The predicted octanol–water partition coefficient (Wildman–Crippen LogP) is 4.47. The molecular weight excluding hydrogens is 429 g/mol. The number of carbonyl (C=O) groups is 2. The number of amides is 3. The first-order chi connectivity index (χ1) is 15.4. The molecule has 32 heavy (non-hydrogen) atoms. The summed E-state index contributed by atoms with van der Waals surface area (Å²) in [5.41, 5.74) is 1.04. The van der Waals surface area contributed by atoms with Crippen LogP contribution in [0.25, 0.3) is 0 Å². The number of rotatable bonds is 9. The Balaban J connectivity index is 1.77. The van der Waals surface area contributed by atoms with E-state index < -0.39 is 5.82 Å². The molecule has 8 heteroatoms. The summed E-state index contributed by atoms with van der Waals surface area (Å²) in [5.74, 6) is -0.0976. The van der Waals surface area contributed by atoms with Crippen LogP contribution in [0.2, 0.25) is 0 Å². The highest BCUT2D eigenvalue weighted by Gasteiger charge is 2.33. The van der Waals surface area contributed by atoms with Crippen LogP contribution in [0.5, 0.6) is 5.75 Å². The molecule has 0 spiro atoms. The van der Waals surface area contributed by atoms with Gasteiger partial charge in [-0.15, -0.1) is 11.3 Å². The molecule has 2 aromatic rings. The summed E-state index contributed by atoms with van der Waals surface area (Å²) >= 11 is 1.66. The fourth-order valence-electron chi connectivity index (χ4n) is 3.85. The van der Waals surface area contributed by atoms with Gasteiger partial charge >= 0.3 is 6.03 Å². The Morgan fingerprint density at radius 3 is 2.81 bits per heavy atom. The van der Waals surface area contributed by atoms with Crippen LogP contribution in [0, 0.1) is 11.7 Å². The number of para-hydroxylation sites is 1. The maximum atomic E-state index is 14.1. The number of thiophene rings is 1. The lowest BCUT2D eigenvalue weighted by atomic mass is 10.00. The van der Waals surface area contributed by atoms with E-state index in [4.69, 9.17) is 4.74 Å². The number of urea groups is 1. The van der Waals surface area contributed by atoms with Crippen LogP contribution in [0.1, 0.15) is 43.7 Å². The molecule has 2 heterocycles. The van der Waals surface area contributed by atoms with Crippen LogP contribution < -0.4 is 10.1 Å². The van der Waals surface area contributed by atoms with Crippen molar-refractivity contribution in [2.75, 3.05) is 32.8 Å². The second-order valence-corrected chi connectivity index (χ2v) is 9.12. The number of hydrogen-bond acceptors (Lipinski definition) is 4. The van der Waals surface area contributed by atoms with E-state index in [0.717, 1.165) is 18.4 Å². The van der Waals surface area contributed by atoms with Gasteiger partial charge in [0.1, 0.15) is 13.2 Å². The first kappa shape index (κ1) is 24.0. The van der Waals surface area contributed by atoms with Gasteiger partial charge in [0.05, 0.1) is 6.04 Å². The quantitative estimate of drug-likeness (QED) is 0.599. The lowest BCUT2D eigenvalue weighted by molar-refractivity contribution is -0.135. The number of fused-ring (bicyclic) bond motifs is 1. The van der Waals surface area contributed by atoms with Gasteiger partial charge in [0.2, 0.25) is 5.91 Å². The van der Waals surface area contributed by atoms with E-state index in [1.165, 1.54) is 10.9 Å². The van der Waals surface area contributed by atoms with Crippen LogP contribution in [0.15, 0.2) is 35.7 Å². The molecule has 6 nitrogen and oxygen atoms in total. The fraction of sp³-hybridized carbons (Fsp3) is 0.500. The lowest BCUT2D eigenvalue weighted by Gasteiger charge is -2.37. The first-order valence-corrected chi connectivity index (χ1v) is 12.1. The average molecular weight is 462 g/mol. The van der Waals surface area contributed by atoms with Crippen molar-refractivity contribution in [2.24, 2.45) is 5.92 Å². The fourth-order valence-corrected chi connectivity index (χ4v) is 4.78. The van der Waals surface area contributed by atoms with Crippen LogP contribution in [0.4, 0.5) is 9.18 Å². The van der Waals surface area contributed by atoms with Gasteiger partial charge in [-0.25, -0.2) is 9.18 Å². The van der Waals surface area contributed by atoms with Crippen molar-refractivity contribution in [3.63, 3.8) is 0 Å². The van der Waals surface area contributed by atoms with Crippen molar-refractivity contribution in [3.05, 3.63) is 52.0 Å². The smallest absolute Gasteiger partial charge is 0.317 e. The summed E-state index contributed by atoms with van der Waals surface area (Å²) in [5, 5.41) is 4.82. The summed E-state index contributed by atoms with van der Waals surface area (Å²) < 4.78 is 19.9. The Bertz CT molecular complexity index is 919. The van der Waals surface area contributed by atoms with Gasteiger partial charge in [0.25, 0.3) is 0 Å². The second-order valence-electron chi connectivity index (χ2n) is 8.12. The van der Waals surface area contributed by atoms with Crippen molar-refractivity contribution in [1.29, 1.82) is 0 Å². The third-order valence-corrected chi connectivity index (χ3v) is 6.82. The van der Waals surface area contributed by atoms with Gasteiger partial charge in [0, 0.05) is 24.5 Å². The molecule has 1 aromatic heterocycles. The SMILES string of the molecule is CCNC(=O)N(CC(=O)N1CCc2sccc2C1COc1ccccc1F)CC(C)CC. The van der Waals surface area contributed by atoms with Crippen LogP contribution in [-0.4, -0.2) is 54.5 Å². The van der Waals surface area contributed by atoms with E-state index in [-0.39, 0.29) is 42.8 Å². The van der Waals surface area contributed by atoms with Gasteiger partial charge in [0.15, 0.2) is 11.6 Å².